The molecule has 6 nitrogen and oxygen atoms in total. The Bertz CT molecular complexity index is 667. The van der Waals surface area contributed by atoms with Crippen LogP contribution in [0, 0.1) is 5.92 Å². The quantitative estimate of drug-likeness (QED) is 0.801. The van der Waals surface area contributed by atoms with Crippen LogP contribution in [0.15, 0.2) is 47.3 Å². The molecule has 1 fully saturated rings. The van der Waals surface area contributed by atoms with Crippen molar-refractivity contribution in [3.63, 3.8) is 0 Å². The molecule has 7 heteroatoms. The fourth-order valence-electron chi connectivity index (χ4n) is 2.39. The van der Waals surface area contributed by atoms with Gasteiger partial charge >= 0.3 is 0 Å². The first-order valence-electron chi connectivity index (χ1n) is 7.17. The monoisotopic (exact) mass is 335 g/mol. The van der Waals surface area contributed by atoms with Crippen LogP contribution < -0.4 is 16.0 Å². The summed E-state index contributed by atoms with van der Waals surface area (Å²) in [6.45, 7) is 1.58. The second-order valence-electron chi connectivity index (χ2n) is 5.23. The predicted molar refractivity (Wildman–Crippen MR) is 90.0 cm³/mol. The highest BCUT2D eigenvalue weighted by atomic mass is 35.5. The molecular formula is C16H18ClN3O3. The van der Waals surface area contributed by atoms with Gasteiger partial charge in [0, 0.05) is 17.9 Å². The molecule has 0 radical (unpaired) electrons. The van der Waals surface area contributed by atoms with Crippen molar-refractivity contribution in [2.45, 2.75) is 6.42 Å². The van der Waals surface area contributed by atoms with Crippen molar-refractivity contribution in [3.8, 4) is 0 Å². The number of rotatable bonds is 4. The molecule has 1 unspecified atom stereocenters. The van der Waals surface area contributed by atoms with Gasteiger partial charge in [-0.1, -0.05) is 6.07 Å². The zero-order chi connectivity index (χ0) is 15.4. The lowest BCUT2D eigenvalue weighted by Crippen LogP contribution is -2.24. The second kappa shape index (κ2) is 7.80. The Labute approximate surface area is 140 Å². The second-order valence-corrected chi connectivity index (χ2v) is 5.23. The topological polar surface area (TPSA) is 83.4 Å². The van der Waals surface area contributed by atoms with Gasteiger partial charge in [-0.05, 0) is 37.2 Å². The van der Waals surface area contributed by atoms with Crippen LogP contribution in [0.4, 0.5) is 11.4 Å². The number of carbonyl (C=O) groups excluding carboxylic acids is 2. The molecule has 1 saturated heterocycles. The van der Waals surface area contributed by atoms with Crippen LogP contribution in [-0.2, 0) is 4.79 Å². The molecule has 0 spiro atoms. The average molecular weight is 336 g/mol. The summed E-state index contributed by atoms with van der Waals surface area (Å²) in [4.78, 5) is 24.0. The molecule has 2 amide bonds. The number of benzene rings is 1. The lowest BCUT2D eigenvalue weighted by molar-refractivity contribution is -0.119. The van der Waals surface area contributed by atoms with Gasteiger partial charge in [0.1, 0.15) is 6.26 Å². The van der Waals surface area contributed by atoms with E-state index in [9.17, 15) is 9.59 Å². The van der Waals surface area contributed by atoms with E-state index >= 15 is 0 Å². The molecule has 1 aromatic heterocycles. The maximum atomic E-state index is 12.1. The number of furan rings is 1. The number of nitrogens with one attached hydrogen (secondary N) is 3. The van der Waals surface area contributed by atoms with Gasteiger partial charge in [-0.2, -0.15) is 0 Å². The molecule has 0 aliphatic carbocycles. The molecule has 3 N–H and O–H groups in total. The van der Waals surface area contributed by atoms with Gasteiger partial charge < -0.3 is 20.4 Å². The first-order valence-corrected chi connectivity index (χ1v) is 7.17. The Kier molecular flexibility index (Phi) is 5.78. The summed E-state index contributed by atoms with van der Waals surface area (Å²) >= 11 is 0. The SMILES string of the molecule is Cl.O=C(Nc1cccc(NC(=O)C2CCNC2)c1)c1ccoc1. The summed E-state index contributed by atoms with van der Waals surface area (Å²) in [5.41, 5.74) is 1.74. The Balaban J connectivity index is 0.00000192. The Morgan fingerprint density at radius 3 is 2.61 bits per heavy atom. The molecule has 1 aliphatic heterocycles. The molecule has 122 valence electrons. The summed E-state index contributed by atoms with van der Waals surface area (Å²) in [5.74, 6) is -0.246. The zero-order valence-corrected chi connectivity index (χ0v) is 13.2. The maximum Gasteiger partial charge on any atom is 0.258 e. The average Bonchev–Trinajstić information content (AvgIpc) is 3.21. The number of amides is 2. The van der Waals surface area contributed by atoms with Crippen LogP contribution in [0.25, 0.3) is 0 Å². The van der Waals surface area contributed by atoms with E-state index in [1.807, 2.05) is 0 Å². The molecule has 0 saturated carbocycles. The molecular weight excluding hydrogens is 318 g/mol. The van der Waals surface area contributed by atoms with Crippen molar-refractivity contribution < 1.29 is 14.0 Å². The van der Waals surface area contributed by atoms with E-state index in [2.05, 4.69) is 16.0 Å². The van der Waals surface area contributed by atoms with Gasteiger partial charge in [-0.25, -0.2) is 0 Å². The Morgan fingerprint density at radius 2 is 1.96 bits per heavy atom. The molecule has 1 aliphatic rings. The van der Waals surface area contributed by atoms with Gasteiger partial charge in [-0.3, -0.25) is 9.59 Å². The van der Waals surface area contributed by atoms with Gasteiger partial charge in [0.05, 0.1) is 17.7 Å². The lowest BCUT2D eigenvalue weighted by atomic mass is 10.1. The van der Waals surface area contributed by atoms with Gasteiger partial charge in [0.15, 0.2) is 0 Å². The van der Waals surface area contributed by atoms with E-state index in [1.54, 1.807) is 30.3 Å². The van der Waals surface area contributed by atoms with Crippen molar-refractivity contribution in [1.82, 2.24) is 5.32 Å². The highest BCUT2D eigenvalue weighted by molar-refractivity contribution is 6.04. The van der Waals surface area contributed by atoms with E-state index in [0.29, 0.717) is 23.5 Å². The van der Waals surface area contributed by atoms with E-state index < -0.39 is 0 Å². The molecule has 2 heterocycles. The largest absolute Gasteiger partial charge is 0.472 e. The summed E-state index contributed by atoms with van der Waals surface area (Å²) in [7, 11) is 0. The summed E-state index contributed by atoms with van der Waals surface area (Å²) in [6, 6.07) is 8.68. The Morgan fingerprint density at radius 1 is 1.17 bits per heavy atom. The van der Waals surface area contributed by atoms with E-state index in [1.165, 1.54) is 12.5 Å². The number of anilines is 2. The number of hydrogen-bond donors (Lipinski definition) is 3. The molecule has 23 heavy (non-hydrogen) atoms. The minimum absolute atomic E-state index is 0. The molecule has 1 atom stereocenters. The van der Waals surface area contributed by atoms with E-state index in [-0.39, 0.29) is 30.1 Å². The zero-order valence-electron chi connectivity index (χ0n) is 12.4. The molecule has 1 aromatic carbocycles. The summed E-state index contributed by atoms with van der Waals surface area (Å²) < 4.78 is 4.88. The third kappa shape index (κ3) is 4.34. The normalized spacial score (nSPS) is 16.4. The highest BCUT2D eigenvalue weighted by Gasteiger charge is 2.22. The van der Waals surface area contributed by atoms with Crippen LogP contribution >= 0.6 is 12.4 Å². The van der Waals surface area contributed by atoms with Crippen molar-refractivity contribution >= 4 is 35.6 Å². The lowest BCUT2D eigenvalue weighted by Gasteiger charge is -2.11. The molecule has 0 bridgehead atoms. The van der Waals surface area contributed by atoms with Crippen molar-refractivity contribution in [1.29, 1.82) is 0 Å². The summed E-state index contributed by atoms with van der Waals surface area (Å²) in [6.07, 6.45) is 3.68. The van der Waals surface area contributed by atoms with Crippen LogP contribution in [-0.4, -0.2) is 24.9 Å². The van der Waals surface area contributed by atoms with Crippen molar-refractivity contribution in [2.24, 2.45) is 5.92 Å². The first kappa shape index (κ1) is 17.1. The smallest absolute Gasteiger partial charge is 0.258 e. The van der Waals surface area contributed by atoms with Gasteiger partial charge in [0.25, 0.3) is 5.91 Å². The van der Waals surface area contributed by atoms with E-state index in [0.717, 1.165) is 13.0 Å². The van der Waals surface area contributed by atoms with E-state index in [4.69, 9.17) is 4.42 Å². The number of hydrogen-bond acceptors (Lipinski definition) is 4. The van der Waals surface area contributed by atoms with Crippen LogP contribution in [0.1, 0.15) is 16.8 Å². The number of halogens is 1. The van der Waals surface area contributed by atoms with Crippen LogP contribution in [0.3, 0.4) is 0 Å². The standard InChI is InChI=1S/C16H17N3O3.ClH/c20-15(11-4-6-17-9-11)18-13-2-1-3-14(8-13)19-16(21)12-5-7-22-10-12;/h1-3,5,7-8,10-11,17H,4,6,9H2,(H,18,20)(H,19,21);1H. The predicted octanol–water partition coefficient (Wildman–Crippen LogP) is 2.50. The first-order chi connectivity index (χ1) is 10.7. The fourth-order valence-corrected chi connectivity index (χ4v) is 2.39. The summed E-state index contributed by atoms with van der Waals surface area (Å²) in [5, 5.41) is 8.81. The Hall–Kier alpha value is -2.31. The fraction of sp³-hybridized carbons (Fsp3) is 0.250. The molecule has 2 aromatic rings. The molecule has 3 rings (SSSR count). The third-order valence-electron chi connectivity index (χ3n) is 3.60. The minimum atomic E-state index is -0.253. The highest BCUT2D eigenvalue weighted by Crippen LogP contribution is 2.18. The van der Waals surface area contributed by atoms with Crippen molar-refractivity contribution in [2.75, 3.05) is 23.7 Å². The van der Waals surface area contributed by atoms with Gasteiger partial charge in [0.2, 0.25) is 5.91 Å². The minimum Gasteiger partial charge on any atom is -0.472 e. The number of carbonyl (C=O) groups is 2. The van der Waals surface area contributed by atoms with Gasteiger partial charge in [-0.15, -0.1) is 12.4 Å². The van der Waals surface area contributed by atoms with Crippen LogP contribution in [0.5, 0.6) is 0 Å². The van der Waals surface area contributed by atoms with Crippen LogP contribution in [0.2, 0.25) is 0 Å². The van der Waals surface area contributed by atoms with Crippen molar-refractivity contribution in [3.05, 3.63) is 48.4 Å². The third-order valence-corrected chi connectivity index (χ3v) is 3.60. The maximum absolute atomic E-state index is 12.1.